The van der Waals surface area contributed by atoms with E-state index in [0.717, 1.165) is 34.9 Å². The summed E-state index contributed by atoms with van der Waals surface area (Å²) < 4.78 is 20.5. The molecular formula is C28H29FN4O6. The number of carbonyl (C=O) groups excluding carboxylic acids is 4. The van der Waals surface area contributed by atoms with Gasteiger partial charge < -0.3 is 25.4 Å². The van der Waals surface area contributed by atoms with Crippen molar-refractivity contribution in [2.75, 3.05) is 18.9 Å². The van der Waals surface area contributed by atoms with E-state index in [1.165, 1.54) is 18.0 Å². The molecule has 1 unspecified atom stereocenters. The summed E-state index contributed by atoms with van der Waals surface area (Å²) >= 11 is 0. The summed E-state index contributed by atoms with van der Waals surface area (Å²) in [6, 6.07) is 9.61. The Balaban J connectivity index is 1.27. The normalized spacial score (nSPS) is 25.7. The fraction of sp³-hybridized carbons (Fsp3) is 0.429. The van der Waals surface area contributed by atoms with E-state index in [0.29, 0.717) is 24.8 Å². The van der Waals surface area contributed by atoms with Crippen LogP contribution < -0.4 is 10.6 Å². The molecule has 204 valence electrons. The number of benzene rings is 2. The Morgan fingerprint density at radius 2 is 1.82 bits per heavy atom. The van der Waals surface area contributed by atoms with Crippen LogP contribution in [-0.4, -0.2) is 58.2 Å². The number of imide groups is 1. The Hall–Kier alpha value is -3.99. The highest BCUT2D eigenvalue weighted by molar-refractivity contribution is 6.06. The molecule has 2 atom stereocenters. The van der Waals surface area contributed by atoms with Gasteiger partial charge >= 0.3 is 12.1 Å². The Kier molecular flexibility index (Phi) is 5.87. The Bertz CT molecular complexity index is 1410. The number of amides is 5. The minimum atomic E-state index is -1.74. The number of nitrogens with zero attached hydrogens (tertiary/aromatic N) is 2. The van der Waals surface area contributed by atoms with Crippen molar-refractivity contribution in [2.24, 2.45) is 5.92 Å². The molecule has 0 aromatic heterocycles. The third-order valence-corrected chi connectivity index (χ3v) is 8.42. The minimum absolute atomic E-state index is 0.0604. The lowest BCUT2D eigenvalue weighted by Crippen LogP contribution is -2.55. The third kappa shape index (κ3) is 4.03. The van der Waals surface area contributed by atoms with Crippen LogP contribution in [-0.2, 0) is 39.3 Å². The molecule has 0 radical (unpaired) electrons. The Morgan fingerprint density at radius 3 is 2.54 bits per heavy atom. The molecule has 5 amide bonds. The first-order valence-electron chi connectivity index (χ1n) is 13.1. The van der Waals surface area contributed by atoms with Crippen LogP contribution >= 0.6 is 0 Å². The minimum Gasteiger partial charge on any atom is -0.427 e. The maximum Gasteiger partial charge on any atom is 0.418 e. The molecule has 1 saturated heterocycles. The van der Waals surface area contributed by atoms with Gasteiger partial charge in [0.15, 0.2) is 0 Å². The first kappa shape index (κ1) is 25.3. The average molecular weight is 537 g/mol. The van der Waals surface area contributed by atoms with Crippen molar-refractivity contribution in [3.8, 4) is 0 Å². The number of urea groups is 1. The second-order valence-corrected chi connectivity index (χ2v) is 10.7. The summed E-state index contributed by atoms with van der Waals surface area (Å²) in [7, 11) is 1.40. The van der Waals surface area contributed by atoms with Gasteiger partial charge in [0.05, 0.1) is 5.69 Å². The van der Waals surface area contributed by atoms with Gasteiger partial charge in [-0.25, -0.2) is 18.9 Å². The van der Waals surface area contributed by atoms with E-state index in [2.05, 4.69) is 10.6 Å². The number of aryl methyl sites for hydroxylation is 2. The highest BCUT2D eigenvalue weighted by Crippen LogP contribution is 2.48. The first-order chi connectivity index (χ1) is 18.7. The maximum absolute atomic E-state index is 14.9. The van der Waals surface area contributed by atoms with Crippen LogP contribution in [0.1, 0.15) is 47.9 Å². The molecule has 0 bridgehead atoms. The molecule has 4 aliphatic rings. The van der Waals surface area contributed by atoms with E-state index < -0.39 is 47.6 Å². The Morgan fingerprint density at radius 1 is 1.10 bits per heavy atom. The summed E-state index contributed by atoms with van der Waals surface area (Å²) in [6.07, 6.45) is 1.97. The molecule has 2 aromatic rings. The number of anilines is 1. The summed E-state index contributed by atoms with van der Waals surface area (Å²) in [4.78, 5) is 54.2. The van der Waals surface area contributed by atoms with E-state index in [1.54, 1.807) is 0 Å². The molecule has 2 fully saturated rings. The predicted octanol–water partition coefficient (Wildman–Crippen LogP) is 2.77. The van der Waals surface area contributed by atoms with Crippen LogP contribution in [0.15, 0.2) is 36.4 Å². The molecule has 11 heteroatoms. The summed E-state index contributed by atoms with van der Waals surface area (Å²) in [5.41, 5.74) is -0.448. The van der Waals surface area contributed by atoms with Crippen LogP contribution in [0.3, 0.4) is 0 Å². The lowest BCUT2D eigenvalue weighted by Gasteiger charge is -2.39. The molecule has 1 spiro atoms. The lowest BCUT2D eigenvalue weighted by atomic mass is 9.94. The van der Waals surface area contributed by atoms with E-state index in [9.17, 15) is 28.7 Å². The number of aliphatic hydroxyl groups is 1. The number of rotatable bonds is 4. The van der Waals surface area contributed by atoms with Crippen LogP contribution in [0.2, 0.25) is 0 Å². The molecule has 3 N–H and O–H groups in total. The van der Waals surface area contributed by atoms with Gasteiger partial charge in [0.2, 0.25) is 11.5 Å². The van der Waals surface area contributed by atoms with Crippen LogP contribution in [0.25, 0.3) is 0 Å². The zero-order chi connectivity index (χ0) is 27.5. The van der Waals surface area contributed by atoms with Crippen molar-refractivity contribution in [2.45, 2.75) is 56.4 Å². The number of fused-ring (bicyclic) bond motifs is 3. The van der Waals surface area contributed by atoms with E-state index >= 15 is 0 Å². The van der Waals surface area contributed by atoms with E-state index in [1.807, 2.05) is 24.3 Å². The standard InChI is InChI=1S/C28H29FN4O6/c1-30-25(36)31-22-12-17-8-10-27(20(17)13-21(22)29)24(35)32(26(37)39-27)15-23(34)33-14-18-5-3-2-4-16(18)9-11-28(33,38)19-6-7-19/h2-5,12-13,19,38H,6-11,14-15H2,1H3,(H2,30,31,36)/t27?,28-/m0/s1. The molecular weight excluding hydrogens is 507 g/mol. The number of nitrogens with one attached hydrogen (secondary N) is 2. The van der Waals surface area contributed by atoms with Crippen LogP contribution in [0.5, 0.6) is 0 Å². The van der Waals surface area contributed by atoms with Crippen molar-refractivity contribution in [1.82, 2.24) is 15.1 Å². The van der Waals surface area contributed by atoms with Crippen LogP contribution in [0.4, 0.5) is 19.7 Å². The number of hydrogen-bond acceptors (Lipinski definition) is 6. The molecule has 2 aromatic carbocycles. The molecule has 6 rings (SSSR count). The molecule has 1 saturated carbocycles. The molecule has 2 heterocycles. The van der Waals surface area contributed by atoms with E-state index in [4.69, 9.17) is 4.74 Å². The summed E-state index contributed by atoms with van der Waals surface area (Å²) in [5, 5.41) is 16.4. The van der Waals surface area contributed by atoms with Gasteiger partial charge in [0, 0.05) is 31.5 Å². The highest BCUT2D eigenvalue weighted by Gasteiger charge is 2.59. The van der Waals surface area contributed by atoms with Crippen molar-refractivity contribution in [3.63, 3.8) is 0 Å². The van der Waals surface area contributed by atoms with Gasteiger partial charge in [-0.15, -0.1) is 0 Å². The second kappa shape index (κ2) is 9.04. The first-order valence-corrected chi connectivity index (χ1v) is 13.1. The van der Waals surface area contributed by atoms with Gasteiger partial charge in [-0.05, 0) is 60.9 Å². The number of hydrogen-bond donors (Lipinski definition) is 3. The predicted molar refractivity (Wildman–Crippen MR) is 136 cm³/mol. The van der Waals surface area contributed by atoms with Crippen LogP contribution in [0, 0.1) is 11.7 Å². The lowest BCUT2D eigenvalue weighted by molar-refractivity contribution is -0.170. The fourth-order valence-electron chi connectivity index (χ4n) is 6.15. The van der Waals surface area contributed by atoms with Crippen molar-refractivity contribution < 1.29 is 33.4 Å². The molecule has 2 aliphatic carbocycles. The summed E-state index contributed by atoms with van der Waals surface area (Å²) in [5.74, 6) is -2.14. The van der Waals surface area contributed by atoms with Gasteiger partial charge in [-0.2, -0.15) is 0 Å². The molecule has 2 aliphatic heterocycles. The van der Waals surface area contributed by atoms with Crippen molar-refractivity contribution >= 4 is 29.6 Å². The zero-order valence-electron chi connectivity index (χ0n) is 21.5. The smallest absolute Gasteiger partial charge is 0.418 e. The zero-order valence-corrected chi connectivity index (χ0v) is 21.5. The highest BCUT2D eigenvalue weighted by atomic mass is 19.1. The monoisotopic (exact) mass is 536 g/mol. The molecule has 39 heavy (non-hydrogen) atoms. The topological polar surface area (TPSA) is 128 Å². The van der Waals surface area contributed by atoms with Gasteiger partial charge in [0.25, 0.3) is 5.91 Å². The largest absolute Gasteiger partial charge is 0.427 e. The van der Waals surface area contributed by atoms with E-state index in [-0.39, 0.29) is 30.1 Å². The maximum atomic E-state index is 14.9. The van der Waals surface area contributed by atoms with Crippen molar-refractivity contribution in [3.05, 3.63) is 64.5 Å². The number of carbonyl (C=O) groups is 4. The average Bonchev–Trinajstić information content (AvgIpc) is 3.71. The van der Waals surface area contributed by atoms with Gasteiger partial charge in [-0.3, -0.25) is 9.59 Å². The third-order valence-electron chi connectivity index (χ3n) is 8.42. The van der Waals surface area contributed by atoms with Crippen molar-refractivity contribution in [1.29, 1.82) is 0 Å². The quantitative estimate of drug-likeness (QED) is 0.551. The van der Waals surface area contributed by atoms with Gasteiger partial charge in [0.1, 0.15) is 18.1 Å². The molecule has 10 nitrogen and oxygen atoms in total. The second-order valence-electron chi connectivity index (χ2n) is 10.7. The van der Waals surface area contributed by atoms with Gasteiger partial charge in [-0.1, -0.05) is 24.3 Å². The number of halogens is 1. The number of ether oxygens (including phenoxy) is 1. The Labute approximate surface area is 224 Å². The summed E-state index contributed by atoms with van der Waals surface area (Å²) in [6.45, 7) is -0.426. The fourth-order valence-corrected chi connectivity index (χ4v) is 6.15. The SMILES string of the molecule is CNC(=O)Nc1cc2c(cc1F)C1(CC2)OC(=O)N(CC(=O)N2Cc3ccccc3CC[C@]2(O)C2CC2)C1=O.